The molecule has 126 valence electrons. The van der Waals surface area contributed by atoms with Crippen LogP contribution in [-0.2, 0) is 40.1 Å². The van der Waals surface area contributed by atoms with Gasteiger partial charge >= 0.3 is 5.97 Å². The number of carbonyl (C=O) groups excluding carboxylic acids is 3. The normalized spacial score (nSPS) is 14.6. The third-order valence-electron chi connectivity index (χ3n) is 4.00. The third-order valence-corrected chi connectivity index (χ3v) is 4.00. The van der Waals surface area contributed by atoms with Crippen LogP contribution in [0.4, 0.5) is 0 Å². The van der Waals surface area contributed by atoms with E-state index in [1.165, 1.54) is 6.92 Å². The minimum atomic E-state index is -0.546. The van der Waals surface area contributed by atoms with Crippen molar-refractivity contribution in [2.45, 2.75) is 72.4 Å². The summed E-state index contributed by atoms with van der Waals surface area (Å²) < 4.78 is 7.31. The first-order chi connectivity index (χ1) is 10.6. The van der Waals surface area contributed by atoms with E-state index in [2.05, 4.69) is 0 Å². The summed E-state index contributed by atoms with van der Waals surface area (Å²) in [5.41, 5.74) is 2.67. The van der Waals surface area contributed by atoms with Crippen LogP contribution < -0.4 is 0 Å². The summed E-state index contributed by atoms with van der Waals surface area (Å²) in [5.74, 6) is -0.218. The Morgan fingerprint density at radius 1 is 1.22 bits per heavy atom. The van der Waals surface area contributed by atoms with Crippen molar-refractivity contribution in [2.75, 3.05) is 0 Å². The van der Waals surface area contributed by atoms with Crippen LogP contribution in [0.15, 0.2) is 0 Å². The summed E-state index contributed by atoms with van der Waals surface area (Å²) in [6, 6.07) is 0. The lowest BCUT2D eigenvalue weighted by Crippen LogP contribution is -2.28. The van der Waals surface area contributed by atoms with Crippen molar-refractivity contribution in [3.05, 3.63) is 22.5 Å². The van der Waals surface area contributed by atoms with Crippen LogP contribution in [-0.4, -0.2) is 27.7 Å². The Kier molecular flexibility index (Phi) is 4.78. The Morgan fingerprint density at radius 3 is 2.39 bits per heavy atom. The van der Waals surface area contributed by atoms with Gasteiger partial charge in [0, 0.05) is 29.8 Å². The van der Waals surface area contributed by atoms with Gasteiger partial charge in [0.2, 0.25) is 0 Å². The molecule has 1 aromatic heterocycles. The fraction of sp³-hybridized carbons (Fsp3) is 0.611. The van der Waals surface area contributed by atoms with Gasteiger partial charge in [0.1, 0.15) is 17.9 Å². The van der Waals surface area contributed by atoms with Crippen LogP contribution in [0.25, 0.3) is 0 Å². The predicted octanol–water partition coefficient (Wildman–Crippen LogP) is 2.65. The second-order valence-electron chi connectivity index (χ2n) is 7.04. The van der Waals surface area contributed by atoms with Crippen molar-refractivity contribution in [1.29, 1.82) is 0 Å². The lowest BCUT2D eigenvalue weighted by Gasteiger charge is -2.21. The first kappa shape index (κ1) is 17.4. The fourth-order valence-electron chi connectivity index (χ4n) is 3.28. The molecule has 0 aromatic carbocycles. The molecule has 5 nitrogen and oxygen atoms in total. The third kappa shape index (κ3) is 3.71. The van der Waals surface area contributed by atoms with E-state index in [4.69, 9.17) is 4.74 Å². The number of rotatable bonds is 4. The number of ether oxygens (including phenoxy) is 1. The van der Waals surface area contributed by atoms with E-state index in [0.29, 0.717) is 31.2 Å². The van der Waals surface area contributed by atoms with Crippen molar-refractivity contribution >= 4 is 17.5 Å². The molecule has 0 N–H and O–H groups in total. The minimum absolute atomic E-state index is 0.0456. The highest BCUT2D eigenvalue weighted by Crippen LogP contribution is 2.30. The molecule has 0 aliphatic heterocycles. The maximum atomic E-state index is 12.2. The number of carbonyl (C=O) groups is 3. The molecule has 1 aromatic rings. The number of Topliss-reactive ketones (excluding diaryl/α,β-unsaturated/α-hetero) is 2. The maximum absolute atomic E-state index is 12.2. The summed E-state index contributed by atoms with van der Waals surface area (Å²) in [5, 5.41) is 0. The Hall–Kier alpha value is -1.91. The first-order valence-electron chi connectivity index (χ1n) is 8.11. The van der Waals surface area contributed by atoms with Gasteiger partial charge in [0.25, 0.3) is 0 Å². The summed E-state index contributed by atoms with van der Waals surface area (Å²) in [6.07, 6.45) is 1.97. The molecule has 1 aliphatic rings. The van der Waals surface area contributed by atoms with Crippen LogP contribution in [0.2, 0.25) is 0 Å². The molecule has 2 rings (SSSR count). The van der Waals surface area contributed by atoms with Gasteiger partial charge < -0.3 is 9.30 Å². The summed E-state index contributed by atoms with van der Waals surface area (Å²) >= 11 is 0. The predicted molar refractivity (Wildman–Crippen MR) is 86.7 cm³/mol. The molecule has 0 unspecified atom stereocenters. The largest absolute Gasteiger partial charge is 0.459 e. The lowest BCUT2D eigenvalue weighted by molar-refractivity contribution is -0.155. The molecule has 0 saturated heterocycles. The van der Waals surface area contributed by atoms with Crippen LogP contribution in [0, 0.1) is 0 Å². The topological polar surface area (TPSA) is 65.4 Å². The second kappa shape index (κ2) is 6.30. The number of esters is 1. The van der Waals surface area contributed by atoms with Crippen LogP contribution in [0.1, 0.15) is 68.3 Å². The SMILES string of the molecule is CCc1c(C(C)=O)c2c(n1CC(=O)OC(C)(C)C)CCC(=O)C2. The zero-order valence-corrected chi connectivity index (χ0v) is 14.6. The molecule has 0 fully saturated rings. The smallest absolute Gasteiger partial charge is 0.326 e. The molecule has 5 heteroatoms. The maximum Gasteiger partial charge on any atom is 0.326 e. The number of hydrogen-bond donors (Lipinski definition) is 0. The van der Waals surface area contributed by atoms with Gasteiger partial charge in [-0.25, -0.2) is 0 Å². The van der Waals surface area contributed by atoms with Gasteiger partial charge in [0.05, 0.1) is 0 Å². The molecule has 0 saturated carbocycles. The molecule has 1 heterocycles. The van der Waals surface area contributed by atoms with Gasteiger partial charge in [-0.05, 0) is 46.1 Å². The minimum Gasteiger partial charge on any atom is -0.459 e. The average Bonchev–Trinajstić information content (AvgIpc) is 2.69. The van der Waals surface area contributed by atoms with Crippen molar-refractivity contribution < 1.29 is 19.1 Å². The average molecular weight is 319 g/mol. The van der Waals surface area contributed by atoms with Crippen molar-refractivity contribution in [2.24, 2.45) is 0 Å². The van der Waals surface area contributed by atoms with Crippen molar-refractivity contribution in [3.8, 4) is 0 Å². The van der Waals surface area contributed by atoms with E-state index >= 15 is 0 Å². The number of aromatic nitrogens is 1. The van der Waals surface area contributed by atoms with E-state index < -0.39 is 5.60 Å². The Balaban J connectivity index is 2.47. The summed E-state index contributed by atoms with van der Waals surface area (Å²) in [4.78, 5) is 36.1. The van der Waals surface area contributed by atoms with E-state index in [1.54, 1.807) is 0 Å². The fourth-order valence-corrected chi connectivity index (χ4v) is 3.28. The first-order valence-corrected chi connectivity index (χ1v) is 8.11. The molecule has 0 atom stereocenters. The number of nitrogens with zero attached hydrogens (tertiary/aromatic N) is 1. The molecule has 0 amide bonds. The lowest BCUT2D eigenvalue weighted by atomic mass is 9.92. The highest BCUT2D eigenvalue weighted by molar-refractivity contribution is 5.99. The Morgan fingerprint density at radius 2 is 1.87 bits per heavy atom. The molecular weight excluding hydrogens is 294 g/mol. The highest BCUT2D eigenvalue weighted by Gasteiger charge is 2.30. The zero-order chi connectivity index (χ0) is 17.4. The van der Waals surface area contributed by atoms with E-state index in [-0.39, 0.29) is 24.1 Å². The molecule has 0 bridgehead atoms. The summed E-state index contributed by atoms with van der Waals surface area (Å²) in [6.45, 7) is 9.06. The second-order valence-corrected chi connectivity index (χ2v) is 7.04. The van der Waals surface area contributed by atoms with E-state index in [0.717, 1.165) is 17.0 Å². The van der Waals surface area contributed by atoms with Gasteiger partial charge in [-0.3, -0.25) is 14.4 Å². The quantitative estimate of drug-likeness (QED) is 0.632. The number of ketones is 2. The standard InChI is InChI=1S/C18H25NO4/c1-6-14-17(11(2)20)13-9-12(21)7-8-15(13)19(14)10-16(22)23-18(3,4)5/h6-10H2,1-5H3. The summed E-state index contributed by atoms with van der Waals surface area (Å²) in [7, 11) is 0. The Bertz CT molecular complexity index is 662. The Labute approximate surface area is 137 Å². The van der Waals surface area contributed by atoms with Crippen molar-refractivity contribution in [1.82, 2.24) is 4.57 Å². The number of hydrogen-bond acceptors (Lipinski definition) is 4. The van der Waals surface area contributed by atoms with E-state index in [9.17, 15) is 14.4 Å². The zero-order valence-electron chi connectivity index (χ0n) is 14.6. The van der Waals surface area contributed by atoms with Gasteiger partial charge in [-0.2, -0.15) is 0 Å². The number of fused-ring (bicyclic) bond motifs is 1. The molecule has 1 aliphatic carbocycles. The molecule has 0 radical (unpaired) electrons. The molecule has 23 heavy (non-hydrogen) atoms. The highest BCUT2D eigenvalue weighted by atomic mass is 16.6. The van der Waals surface area contributed by atoms with E-state index in [1.807, 2.05) is 32.3 Å². The monoisotopic (exact) mass is 319 g/mol. The van der Waals surface area contributed by atoms with Crippen LogP contribution >= 0.6 is 0 Å². The van der Waals surface area contributed by atoms with Crippen LogP contribution in [0.5, 0.6) is 0 Å². The van der Waals surface area contributed by atoms with Crippen molar-refractivity contribution in [3.63, 3.8) is 0 Å². The van der Waals surface area contributed by atoms with Gasteiger partial charge in [-0.1, -0.05) is 6.92 Å². The van der Waals surface area contributed by atoms with Gasteiger partial charge in [0.15, 0.2) is 5.78 Å². The molecule has 0 spiro atoms. The van der Waals surface area contributed by atoms with Gasteiger partial charge in [-0.15, -0.1) is 0 Å². The molecular formula is C18H25NO4. The van der Waals surface area contributed by atoms with Crippen LogP contribution in [0.3, 0.4) is 0 Å².